The van der Waals surface area contributed by atoms with E-state index in [2.05, 4.69) is 0 Å². The number of benzene rings is 1. The van der Waals surface area contributed by atoms with E-state index in [4.69, 9.17) is 10.8 Å². The highest BCUT2D eigenvalue weighted by Crippen LogP contribution is 2.22. The minimum atomic E-state index is -1.01. The normalized spacial score (nSPS) is 12.3. The number of aryl methyl sites for hydroxylation is 1. The Hall–Kier alpha value is -1.55. The van der Waals surface area contributed by atoms with E-state index in [1.165, 1.54) is 0 Å². The van der Waals surface area contributed by atoms with E-state index in [0.717, 1.165) is 11.3 Å². The second-order valence-electron chi connectivity index (χ2n) is 3.76. The molecule has 0 saturated carbocycles. The van der Waals surface area contributed by atoms with Crippen LogP contribution in [0.5, 0.6) is 0 Å². The molecule has 0 spiro atoms. The van der Waals surface area contributed by atoms with Crippen molar-refractivity contribution >= 4 is 11.7 Å². The molecule has 82 valence electrons. The molecule has 0 aromatic heterocycles. The molecule has 0 amide bonds. The minimum Gasteiger partial charge on any atom is -0.480 e. The Labute approximate surface area is 89.3 Å². The van der Waals surface area contributed by atoms with E-state index in [0.29, 0.717) is 5.56 Å². The van der Waals surface area contributed by atoms with Crippen LogP contribution in [0, 0.1) is 6.92 Å². The van der Waals surface area contributed by atoms with Crippen molar-refractivity contribution in [2.45, 2.75) is 13.0 Å². The summed E-state index contributed by atoms with van der Waals surface area (Å²) in [5.74, 6) is -1.01. The topological polar surface area (TPSA) is 66.6 Å². The molecular weight excluding hydrogens is 192 g/mol. The quantitative estimate of drug-likeness (QED) is 0.781. The summed E-state index contributed by atoms with van der Waals surface area (Å²) in [6.07, 6.45) is 0. The lowest BCUT2D eigenvalue weighted by Crippen LogP contribution is -2.21. The van der Waals surface area contributed by atoms with Crippen molar-refractivity contribution in [3.05, 3.63) is 29.3 Å². The number of nitrogens with two attached hydrogens (primary N) is 1. The number of hydrogen-bond acceptors (Lipinski definition) is 3. The lowest BCUT2D eigenvalue weighted by molar-refractivity contribution is -0.138. The van der Waals surface area contributed by atoms with Gasteiger partial charge in [0.25, 0.3) is 0 Å². The number of nitrogens with zero attached hydrogens (tertiary/aromatic N) is 1. The molecule has 4 nitrogen and oxygen atoms in total. The number of anilines is 1. The van der Waals surface area contributed by atoms with Gasteiger partial charge in [0.1, 0.15) is 6.04 Å². The van der Waals surface area contributed by atoms with Crippen LogP contribution in [0.4, 0.5) is 5.69 Å². The average molecular weight is 208 g/mol. The molecule has 4 heteroatoms. The molecule has 0 aliphatic heterocycles. The fourth-order valence-corrected chi connectivity index (χ4v) is 1.44. The van der Waals surface area contributed by atoms with Crippen LogP contribution in [0.2, 0.25) is 0 Å². The van der Waals surface area contributed by atoms with E-state index in [1.54, 1.807) is 6.07 Å². The summed E-state index contributed by atoms with van der Waals surface area (Å²) in [5, 5.41) is 8.80. The van der Waals surface area contributed by atoms with E-state index >= 15 is 0 Å². The third-order valence-corrected chi connectivity index (χ3v) is 2.34. The van der Waals surface area contributed by atoms with E-state index in [9.17, 15) is 4.79 Å². The molecule has 15 heavy (non-hydrogen) atoms. The molecule has 0 heterocycles. The molecule has 0 aliphatic carbocycles. The van der Waals surface area contributed by atoms with E-state index < -0.39 is 12.0 Å². The van der Waals surface area contributed by atoms with Crippen LogP contribution in [0.1, 0.15) is 17.2 Å². The molecule has 1 aromatic carbocycles. The van der Waals surface area contributed by atoms with Gasteiger partial charge in [0.2, 0.25) is 0 Å². The smallest absolute Gasteiger partial charge is 0.325 e. The Bertz CT molecular complexity index is 375. The van der Waals surface area contributed by atoms with Crippen molar-refractivity contribution in [2.24, 2.45) is 5.73 Å². The van der Waals surface area contributed by atoms with Crippen molar-refractivity contribution in [2.75, 3.05) is 19.0 Å². The van der Waals surface area contributed by atoms with Gasteiger partial charge in [-0.3, -0.25) is 4.79 Å². The number of rotatable bonds is 3. The average Bonchev–Trinajstić information content (AvgIpc) is 2.16. The highest BCUT2D eigenvalue weighted by Gasteiger charge is 2.15. The van der Waals surface area contributed by atoms with Crippen LogP contribution in [0.25, 0.3) is 0 Å². The fraction of sp³-hybridized carbons (Fsp3) is 0.364. The fourth-order valence-electron chi connectivity index (χ4n) is 1.44. The summed E-state index contributed by atoms with van der Waals surface area (Å²) >= 11 is 0. The molecule has 0 bridgehead atoms. The van der Waals surface area contributed by atoms with Gasteiger partial charge in [-0.2, -0.15) is 0 Å². The predicted octanol–water partition coefficient (Wildman–Crippen LogP) is 1.15. The van der Waals surface area contributed by atoms with Gasteiger partial charge in [-0.25, -0.2) is 0 Å². The maximum absolute atomic E-state index is 10.7. The Morgan fingerprint density at radius 1 is 1.47 bits per heavy atom. The predicted molar refractivity (Wildman–Crippen MR) is 60.1 cm³/mol. The standard InChI is InChI=1S/C11H16N2O2/c1-7-4-5-8(10(12)11(14)15)6-9(7)13(2)3/h4-6,10H,12H2,1-3H3,(H,14,15). The van der Waals surface area contributed by atoms with Crippen molar-refractivity contribution in [3.8, 4) is 0 Å². The largest absolute Gasteiger partial charge is 0.480 e. The zero-order valence-corrected chi connectivity index (χ0v) is 9.19. The van der Waals surface area contributed by atoms with E-state index in [-0.39, 0.29) is 0 Å². The van der Waals surface area contributed by atoms with Crippen LogP contribution in [0.3, 0.4) is 0 Å². The molecule has 1 aromatic rings. The summed E-state index contributed by atoms with van der Waals surface area (Å²) in [6.45, 7) is 1.98. The summed E-state index contributed by atoms with van der Waals surface area (Å²) in [6, 6.07) is 4.49. The number of aliphatic carboxylic acids is 1. The van der Waals surface area contributed by atoms with Gasteiger partial charge in [-0.05, 0) is 24.1 Å². The SMILES string of the molecule is Cc1ccc(C(N)C(=O)O)cc1N(C)C. The Morgan fingerprint density at radius 3 is 2.53 bits per heavy atom. The molecule has 3 N–H and O–H groups in total. The van der Waals surface area contributed by atoms with Crippen LogP contribution in [-0.2, 0) is 4.79 Å². The summed E-state index contributed by atoms with van der Waals surface area (Å²) in [4.78, 5) is 12.7. The van der Waals surface area contributed by atoms with Gasteiger partial charge in [0, 0.05) is 19.8 Å². The molecule has 1 atom stereocenters. The third kappa shape index (κ3) is 2.47. The molecular formula is C11H16N2O2. The monoisotopic (exact) mass is 208 g/mol. The number of carboxylic acid groups (broad SMARTS) is 1. The van der Waals surface area contributed by atoms with Crippen LogP contribution in [-0.4, -0.2) is 25.2 Å². The summed E-state index contributed by atoms with van der Waals surface area (Å²) in [7, 11) is 3.83. The van der Waals surface area contributed by atoms with E-state index in [1.807, 2.05) is 38.1 Å². The summed E-state index contributed by atoms with van der Waals surface area (Å²) in [5.41, 5.74) is 8.25. The second kappa shape index (κ2) is 4.31. The minimum absolute atomic E-state index is 0.622. The lowest BCUT2D eigenvalue weighted by Gasteiger charge is -2.18. The maximum atomic E-state index is 10.7. The van der Waals surface area contributed by atoms with Crippen LogP contribution < -0.4 is 10.6 Å². The molecule has 0 fully saturated rings. The Morgan fingerprint density at radius 2 is 2.07 bits per heavy atom. The van der Waals surface area contributed by atoms with Gasteiger partial charge in [-0.15, -0.1) is 0 Å². The first-order chi connectivity index (χ1) is 6.93. The van der Waals surface area contributed by atoms with Gasteiger partial charge >= 0.3 is 5.97 Å². The zero-order chi connectivity index (χ0) is 11.6. The Kier molecular flexibility index (Phi) is 3.31. The first kappa shape index (κ1) is 11.5. The number of carbonyl (C=O) groups is 1. The van der Waals surface area contributed by atoms with Crippen molar-refractivity contribution in [1.82, 2.24) is 0 Å². The molecule has 0 aliphatic rings. The van der Waals surface area contributed by atoms with Crippen LogP contribution in [0.15, 0.2) is 18.2 Å². The molecule has 1 rings (SSSR count). The highest BCUT2D eigenvalue weighted by atomic mass is 16.4. The van der Waals surface area contributed by atoms with Crippen molar-refractivity contribution in [3.63, 3.8) is 0 Å². The van der Waals surface area contributed by atoms with Gasteiger partial charge in [0.05, 0.1) is 0 Å². The Balaban J connectivity index is 3.13. The number of carboxylic acids is 1. The van der Waals surface area contributed by atoms with Crippen LogP contribution >= 0.6 is 0 Å². The first-order valence-electron chi connectivity index (χ1n) is 4.69. The zero-order valence-electron chi connectivity index (χ0n) is 9.19. The van der Waals surface area contributed by atoms with Gasteiger partial charge in [-0.1, -0.05) is 12.1 Å². The molecule has 0 radical (unpaired) electrons. The summed E-state index contributed by atoms with van der Waals surface area (Å²) < 4.78 is 0. The maximum Gasteiger partial charge on any atom is 0.325 e. The third-order valence-electron chi connectivity index (χ3n) is 2.34. The first-order valence-corrected chi connectivity index (χ1v) is 4.69. The van der Waals surface area contributed by atoms with Crippen molar-refractivity contribution in [1.29, 1.82) is 0 Å². The second-order valence-corrected chi connectivity index (χ2v) is 3.76. The van der Waals surface area contributed by atoms with Crippen molar-refractivity contribution < 1.29 is 9.90 Å². The lowest BCUT2D eigenvalue weighted by atomic mass is 10.0. The molecule has 0 saturated heterocycles. The highest BCUT2D eigenvalue weighted by molar-refractivity contribution is 5.76. The van der Waals surface area contributed by atoms with Gasteiger partial charge in [0.15, 0.2) is 0 Å². The number of hydrogen-bond donors (Lipinski definition) is 2. The molecule has 1 unspecified atom stereocenters. The van der Waals surface area contributed by atoms with Gasteiger partial charge < -0.3 is 15.7 Å².